The first-order valence-electron chi connectivity index (χ1n) is 7.88. The fourth-order valence-electron chi connectivity index (χ4n) is 2.21. The van der Waals surface area contributed by atoms with E-state index in [1.807, 2.05) is 13.0 Å². The van der Waals surface area contributed by atoms with Crippen molar-refractivity contribution in [2.24, 2.45) is 0 Å². The quantitative estimate of drug-likeness (QED) is 0.635. The number of aryl methyl sites for hydroxylation is 1. The molecule has 0 aliphatic rings. The predicted molar refractivity (Wildman–Crippen MR) is 97.2 cm³/mol. The number of hydrogen-bond acceptors (Lipinski definition) is 4. The van der Waals surface area contributed by atoms with Crippen molar-refractivity contribution in [2.75, 3.05) is 6.61 Å². The van der Waals surface area contributed by atoms with E-state index < -0.39 is 16.0 Å². The number of rotatable bonds is 6. The molecule has 1 N–H and O–H groups in total. The number of benzene rings is 2. The minimum Gasteiger partial charge on any atom is -0.463 e. The van der Waals surface area contributed by atoms with Gasteiger partial charge in [-0.2, -0.15) is 0 Å². The number of ether oxygens (including phenoxy) is 1. The van der Waals surface area contributed by atoms with Crippen molar-refractivity contribution >= 4 is 21.7 Å². The lowest BCUT2D eigenvalue weighted by atomic mass is 10.1. The molecule has 2 rings (SSSR count). The maximum Gasteiger partial charge on any atom is 0.335 e. The molecule has 25 heavy (non-hydrogen) atoms. The van der Waals surface area contributed by atoms with Gasteiger partial charge in [0.2, 0.25) is 0 Å². The number of carbonyl (C=O) groups is 1. The Balaban J connectivity index is 2.48. The van der Waals surface area contributed by atoms with E-state index in [0.717, 1.165) is 5.56 Å². The van der Waals surface area contributed by atoms with E-state index in [1.165, 1.54) is 19.1 Å². The van der Waals surface area contributed by atoms with E-state index in [2.05, 4.69) is 4.72 Å². The summed E-state index contributed by atoms with van der Waals surface area (Å²) in [5.74, 6) is -0.562. The molecule has 6 heteroatoms. The number of nitrogens with one attached hydrogen (secondary N) is 1. The normalized spacial score (nSPS) is 12.3. The Bertz CT molecular complexity index is 869. The van der Waals surface area contributed by atoms with Crippen LogP contribution in [0.3, 0.4) is 0 Å². The molecule has 0 saturated heterocycles. The number of esters is 1. The summed E-state index contributed by atoms with van der Waals surface area (Å²) in [6, 6.07) is 15.3. The summed E-state index contributed by atoms with van der Waals surface area (Å²) in [7, 11) is -3.83. The van der Waals surface area contributed by atoms with Crippen LogP contribution in [0.1, 0.15) is 25.0 Å². The van der Waals surface area contributed by atoms with Gasteiger partial charge in [0.05, 0.1) is 22.8 Å². The Kier molecular flexibility index (Phi) is 5.98. The standard InChI is InChI=1S/C19H21NO4S/c1-4-24-19(21)15(3)18(16-8-6-5-7-9-16)20-25(22,23)17-12-10-14(2)11-13-17/h5-13,20H,4H2,1-3H3/b18-15-. The summed E-state index contributed by atoms with van der Waals surface area (Å²) in [6.45, 7) is 5.33. The number of sulfonamides is 1. The fourth-order valence-corrected chi connectivity index (χ4v) is 3.36. The molecule has 5 nitrogen and oxygen atoms in total. The fraction of sp³-hybridized carbons (Fsp3) is 0.211. The summed E-state index contributed by atoms with van der Waals surface area (Å²) in [6.07, 6.45) is 0. The first-order chi connectivity index (χ1) is 11.8. The van der Waals surface area contributed by atoms with E-state index in [0.29, 0.717) is 5.56 Å². The monoisotopic (exact) mass is 359 g/mol. The van der Waals surface area contributed by atoms with Crippen LogP contribution < -0.4 is 4.72 Å². The second-order valence-corrected chi connectivity index (χ2v) is 7.19. The third kappa shape index (κ3) is 4.70. The molecule has 0 fully saturated rings. The maximum atomic E-state index is 12.7. The zero-order chi connectivity index (χ0) is 18.4. The van der Waals surface area contributed by atoms with Crippen LogP contribution in [0.4, 0.5) is 0 Å². The van der Waals surface area contributed by atoms with Gasteiger partial charge >= 0.3 is 5.97 Å². The molecule has 0 unspecified atom stereocenters. The molecule has 132 valence electrons. The maximum absolute atomic E-state index is 12.7. The SMILES string of the molecule is CCOC(=O)/C(C)=C(\NS(=O)(=O)c1ccc(C)cc1)c1ccccc1. The van der Waals surface area contributed by atoms with Crippen molar-refractivity contribution in [3.63, 3.8) is 0 Å². The third-order valence-corrected chi connectivity index (χ3v) is 4.95. The molecule has 2 aromatic rings. The van der Waals surface area contributed by atoms with Gasteiger partial charge in [0.1, 0.15) is 0 Å². The van der Waals surface area contributed by atoms with E-state index in [9.17, 15) is 13.2 Å². The Hall–Kier alpha value is -2.60. The van der Waals surface area contributed by atoms with Crippen LogP contribution in [-0.2, 0) is 19.6 Å². The van der Waals surface area contributed by atoms with Gasteiger partial charge in [-0.25, -0.2) is 13.2 Å². The van der Waals surface area contributed by atoms with Crippen molar-refractivity contribution in [1.29, 1.82) is 0 Å². The van der Waals surface area contributed by atoms with Crippen molar-refractivity contribution in [1.82, 2.24) is 4.72 Å². The Morgan fingerprint density at radius 1 is 1.04 bits per heavy atom. The van der Waals surface area contributed by atoms with Crippen molar-refractivity contribution in [3.05, 3.63) is 71.3 Å². The molecule has 0 bridgehead atoms. The van der Waals surface area contributed by atoms with Gasteiger partial charge < -0.3 is 4.74 Å². The number of carbonyl (C=O) groups excluding carboxylic acids is 1. The highest BCUT2D eigenvalue weighted by atomic mass is 32.2. The second-order valence-electron chi connectivity index (χ2n) is 5.51. The predicted octanol–water partition coefficient (Wildman–Crippen LogP) is 3.27. The summed E-state index contributed by atoms with van der Waals surface area (Å²) in [4.78, 5) is 12.2. The molecule has 0 spiro atoms. The van der Waals surface area contributed by atoms with Gasteiger partial charge in [-0.15, -0.1) is 0 Å². The van der Waals surface area contributed by atoms with Gasteiger partial charge in [0.25, 0.3) is 10.0 Å². The topological polar surface area (TPSA) is 72.5 Å². The van der Waals surface area contributed by atoms with E-state index in [1.54, 1.807) is 43.3 Å². The molecule has 0 aliphatic carbocycles. The number of hydrogen-bond donors (Lipinski definition) is 1. The van der Waals surface area contributed by atoms with E-state index >= 15 is 0 Å². The van der Waals surface area contributed by atoms with Crippen LogP contribution in [0, 0.1) is 6.92 Å². The zero-order valence-corrected chi connectivity index (χ0v) is 15.3. The highest BCUT2D eigenvalue weighted by molar-refractivity contribution is 7.89. The average Bonchev–Trinajstić information content (AvgIpc) is 2.60. The molecular weight excluding hydrogens is 338 g/mol. The molecule has 0 aliphatic heterocycles. The van der Waals surface area contributed by atoms with Gasteiger partial charge in [-0.05, 0) is 38.5 Å². The summed E-state index contributed by atoms with van der Waals surface area (Å²) < 4.78 is 33.0. The Morgan fingerprint density at radius 2 is 1.64 bits per heavy atom. The van der Waals surface area contributed by atoms with Crippen LogP contribution in [0.5, 0.6) is 0 Å². The van der Waals surface area contributed by atoms with Gasteiger partial charge in [-0.1, -0.05) is 48.0 Å². The van der Waals surface area contributed by atoms with Gasteiger partial charge in [0.15, 0.2) is 0 Å². The highest BCUT2D eigenvalue weighted by Gasteiger charge is 2.21. The van der Waals surface area contributed by atoms with Gasteiger partial charge in [-0.3, -0.25) is 4.72 Å². The minimum absolute atomic E-state index is 0.128. The van der Waals surface area contributed by atoms with Crippen LogP contribution in [0.15, 0.2) is 65.1 Å². The van der Waals surface area contributed by atoms with Crippen LogP contribution in [-0.4, -0.2) is 21.0 Å². The smallest absolute Gasteiger partial charge is 0.335 e. The van der Waals surface area contributed by atoms with Crippen molar-refractivity contribution < 1.29 is 17.9 Å². The lowest BCUT2D eigenvalue weighted by Gasteiger charge is -2.15. The highest BCUT2D eigenvalue weighted by Crippen LogP contribution is 2.21. The van der Waals surface area contributed by atoms with E-state index in [4.69, 9.17) is 4.74 Å². The molecule has 0 saturated carbocycles. The first kappa shape index (κ1) is 18.7. The second kappa shape index (κ2) is 7.98. The molecule has 0 aromatic heterocycles. The third-order valence-electron chi connectivity index (χ3n) is 3.59. The molecule has 0 atom stereocenters. The summed E-state index contributed by atoms with van der Waals surface area (Å²) in [5.41, 5.74) is 1.95. The minimum atomic E-state index is -3.83. The lowest BCUT2D eigenvalue weighted by molar-refractivity contribution is -0.138. The molecule has 0 heterocycles. The average molecular weight is 359 g/mol. The largest absolute Gasteiger partial charge is 0.463 e. The summed E-state index contributed by atoms with van der Waals surface area (Å²) >= 11 is 0. The molecule has 0 radical (unpaired) electrons. The van der Waals surface area contributed by atoms with Crippen molar-refractivity contribution in [2.45, 2.75) is 25.7 Å². The Labute approximate surface area is 148 Å². The lowest BCUT2D eigenvalue weighted by Crippen LogP contribution is -2.25. The molecule has 0 amide bonds. The zero-order valence-electron chi connectivity index (χ0n) is 14.4. The molecular formula is C19H21NO4S. The van der Waals surface area contributed by atoms with Crippen molar-refractivity contribution in [3.8, 4) is 0 Å². The molecule has 2 aromatic carbocycles. The van der Waals surface area contributed by atoms with Gasteiger partial charge in [0, 0.05) is 0 Å². The van der Waals surface area contributed by atoms with Crippen LogP contribution in [0.2, 0.25) is 0 Å². The van der Waals surface area contributed by atoms with E-state index in [-0.39, 0.29) is 22.8 Å². The first-order valence-corrected chi connectivity index (χ1v) is 9.36. The van der Waals surface area contributed by atoms with Crippen LogP contribution in [0.25, 0.3) is 5.70 Å². The summed E-state index contributed by atoms with van der Waals surface area (Å²) in [5, 5.41) is 0. The Morgan fingerprint density at radius 3 is 2.20 bits per heavy atom. The van der Waals surface area contributed by atoms with Crippen LogP contribution >= 0.6 is 0 Å².